The van der Waals surface area contributed by atoms with Gasteiger partial charge >= 0.3 is 0 Å². The Kier molecular flexibility index (Phi) is 2.95. The lowest BCUT2D eigenvalue weighted by Crippen LogP contribution is -2.01. The van der Waals surface area contributed by atoms with Gasteiger partial charge in [0.15, 0.2) is 0 Å². The van der Waals surface area contributed by atoms with Crippen LogP contribution in [0.1, 0.15) is 11.3 Å². The molecule has 0 aliphatic carbocycles. The van der Waals surface area contributed by atoms with Crippen molar-refractivity contribution in [1.29, 1.82) is 0 Å². The van der Waals surface area contributed by atoms with Gasteiger partial charge in [-0.2, -0.15) is 0 Å². The summed E-state index contributed by atoms with van der Waals surface area (Å²) in [5, 5.41) is 1.08. The van der Waals surface area contributed by atoms with Crippen LogP contribution in [0.25, 0.3) is 10.9 Å². The molecule has 0 amide bonds. The van der Waals surface area contributed by atoms with Crippen LogP contribution >= 0.6 is 0 Å². The van der Waals surface area contributed by atoms with Crippen LogP contribution in [0.4, 0.5) is 0 Å². The number of hydrogen-bond donors (Lipinski definition) is 0. The van der Waals surface area contributed by atoms with E-state index in [-0.39, 0.29) is 0 Å². The minimum absolute atomic E-state index is 0.812. The van der Waals surface area contributed by atoms with Gasteiger partial charge in [0.05, 0.1) is 7.11 Å². The number of hydrogen-bond acceptors (Lipinski definition) is 2. The van der Waals surface area contributed by atoms with Gasteiger partial charge in [-0.3, -0.25) is 4.98 Å². The van der Waals surface area contributed by atoms with E-state index >= 15 is 0 Å². The van der Waals surface area contributed by atoms with Crippen molar-refractivity contribution in [2.24, 2.45) is 0 Å². The first-order valence-corrected chi connectivity index (χ1v) is 6.23. The SMILES string of the molecule is COc1ccc2c([c]c(C)n2Cc2cccnc2)c1. The smallest absolute Gasteiger partial charge is 0.119 e. The Labute approximate surface area is 112 Å². The molecule has 1 radical (unpaired) electrons. The normalized spacial score (nSPS) is 10.8. The Balaban J connectivity index is 2.06. The predicted octanol–water partition coefficient (Wildman–Crippen LogP) is 3.20. The van der Waals surface area contributed by atoms with Crippen molar-refractivity contribution in [3.63, 3.8) is 0 Å². The molecule has 3 aromatic rings. The van der Waals surface area contributed by atoms with Gasteiger partial charge in [0.2, 0.25) is 0 Å². The molecule has 0 saturated heterocycles. The van der Waals surface area contributed by atoms with Gasteiger partial charge in [0.25, 0.3) is 0 Å². The molecule has 3 heteroatoms. The van der Waals surface area contributed by atoms with Gasteiger partial charge in [-0.05, 0) is 36.8 Å². The van der Waals surface area contributed by atoms with Crippen LogP contribution < -0.4 is 4.74 Å². The summed E-state index contributed by atoms with van der Waals surface area (Å²) < 4.78 is 7.49. The molecule has 0 aliphatic heterocycles. The topological polar surface area (TPSA) is 27.1 Å². The molecule has 1 aromatic carbocycles. The van der Waals surface area contributed by atoms with Crippen molar-refractivity contribution < 1.29 is 4.74 Å². The maximum atomic E-state index is 5.25. The maximum Gasteiger partial charge on any atom is 0.119 e. The van der Waals surface area contributed by atoms with Crippen LogP contribution in [0.5, 0.6) is 5.75 Å². The van der Waals surface area contributed by atoms with E-state index in [1.807, 2.05) is 24.4 Å². The molecule has 0 atom stereocenters. The minimum Gasteiger partial charge on any atom is -0.497 e. The molecule has 95 valence electrons. The number of nitrogens with zero attached hydrogens (tertiary/aromatic N) is 2. The van der Waals surface area contributed by atoms with Crippen molar-refractivity contribution in [3.05, 3.63) is 60.0 Å². The maximum absolute atomic E-state index is 5.25. The molecule has 2 aromatic heterocycles. The van der Waals surface area contributed by atoms with Crippen molar-refractivity contribution in [3.8, 4) is 5.75 Å². The summed E-state index contributed by atoms with van der Waals surface area (Å²) in [5.74, 6) is 0.863. The third-order valence-electron chi connectivity index (χ3n) is 3.28. The molecule has 2 heterocycles. The Morgan fingerprint density at radius 2 is 2.21 bits per heavy atom. The lowest BCUT2D eigenvalue weighted by molar-refractivity contribution is 0.415. The lowest BCUT2D eigenvalue weighted by atomic mass is 10.2. The van der Waals surface area contributed by atoms with Crippen molar-refractivity contribution in [2.75, 3.05) is 7.11 Å². The minimum atomic E-state index is 0.812. The number of aryl methyl sites for hydroxylation is 1. The van der Waals surface area contributed by atoms with Gasteiger partial charge in [-0.1, -0.05) is 6.07 Å². The summed E-state index contributed by atoms with van der Waals surface area (Å²) >= 11 is 0. The predicted molar refractivity (Wildman–Crippen MR) is 75.4 cm³/mol. The highest BCUT2D eigenvalue weighted by Gasteiger charge is 2.07. The number of rotatable bonds is 3. The Morgan fingerprint density at radius 1 is 1.32 bits per heavy atom. The molecule has 3 rings (SSSR count). The van der Waals surface area contributed by atoms with Crippen LogP contribution in [-0.2, 0) is 6.54 Å². The molecule has 0 bridgehead atoms. The van der Waals surface area contributed by atoms with E-state index in [9.17, 15) is 0 Å². The fourth-order valence-electron chi connectivity index (χ4n) is 2.30. The molecule has 0 spiro atoms. The average molecular weight is 251 g/mol. The summed E-state index contributed by atoms with van der Waals surface area (Å²) in [4.78, 5) is 4.16. The number of pyridine rings is 1. The molecule has 0 unspecified atom stereocenters. The van der Waals surface area contributed by atoms with Gasteiger partial charge in [0, 0.05) is 41.6 Å². The number of aromatic nitrogens is 2. The molecule has 0 N–H and O–H groups in total. The van der Waals surface area contributed by atoms with E-state index in [0.717, 1.165) is 23.4 Å². The van der Waals surface area contributed by atoms with Gasteiger partial charge in [0.1, 0.15) is 5.75 Å². The Morgan fingerprint density at radius 3 is 2.95 bits per heavy atom. The first-order valence-electron chi connectivity index (χ1n) is 6.23. The standard InChI is InChI=1S/C16H15N2O/c1-12-8-14-9-15(19-2)5-6-16(14)18(12)11-13-4-3-7-17-10-13/h3-7,9-10H,11H2,1-2H3. The molecule has 0 aliphatic rings. The highest BCUT2D eigenvalue weighted by molar-refractivity contribution is 5.82. The highest BCUT2D eigenvalue weighted by Crippen LogP contribution is 2.24. The third kappa shape index (κ3) is 2.19. The second-order valence-corrected chi connectivity index (χ2v) is 4.54. The first kappa shape index (κ1) is 11.8. The van der Waals surface area contributed by atoms with Crippen molar-refractivity contribution >= 4 is 10.9 Å². The van der Waals surface area contributed by atoms with Crippen molar-refractivity contribution in [1.82, 2.24) is 9.55 Å². The van der Waals surface area contributed by atoms with E-state index in [1.54, 1.807) is 13.3 Å². The fourth-order valence-corrected chi connectivity index (χ4v) is 2.30. The van der Waals surface area contributed by atoms with Crippen LogP contribution in [0.15, 0.2) is 42.7 Å². The lowest BCUT2D eigenvalue weighted by Gasteiger charge is -2.08. The van der Waals surface area contributed by atoms with E-state index in [0.29, 0.717) is 0 Å². The fraction of sp³-hybridized carbons (Fsp3) is 0.188. The molecule has 19 heavy (non-hydrogen) atoms. The summed E-state index contributed by atoms with van der Waals surface area (Å²) in [7, 11) is 1.68. The number of ether oxygens (including phenoxy) is 1. The van der Waals surface area contributed by atoms with Gasteiger partial charge in [-0.25, -0.2) is 0 Å². The van der Waals surface area contributed by atoms with E-state index in [2.05, 4.69) is 34.7 Å². The van der Waals surface area contributed by atoms with Gasteiger partial charge < -0.3 is 9.30 Å². The second-order valence-electron chi connectivity index (χ2n) is 4.54. The number of methoxy groups -OCH3 is 1. The second kappa shape index (κ2) is 4.76. The molecular formula is C16H15N2O. The Bertz CT molecular complexity index is 701. The summed E-state index contributed by atoms with van der Waals surface area (Å²) in [6, 6.07) is 13.5. The monoisotopic (exact) mass is 251 g/mol. The zero-order chi connectivity index (χ0) is 13.2. The zero-order valence-corrected chi connectivity index (χ0v) is 11.1. The number of benzene rings is 1. The first-order chi connectivity index (χ1) is 9.28. The van der Waals surface area contributed by atoms with E-state index < -0.39 is 0 Å². The molecule has 0 saturated carbocycles. The van der Waals surface area contributed by atoms with Crippen LogP contribution in [0, 0.1) is 13.0 Å². The largest absolute Gasteiger partial charge is 0.497 e. The van der Waals surface area contributed by atoms with E-state index in [1.165, 1.54) is 11.1 Å². The Hall–Kier alpha value is -2.29. The highest BCUT2D eigenvalue weighted by atomic mass is 16.5. The molecular weight excluding hydrogens is 236 g/mol. The summed E-state index contributed by atoms with van der Waals surface area (Å²) in [5.41, 5.74) is 3.47. The molecule has 3 nitrogen and oxygen atoms in total. The number of fused-ring (bicyclic) bond motifs is 1. The summed E-state index contributed by atoms with van der Waals surface area (Å²) in [6.45, 7) is 2.88. The van der Waals surface area contributed by atoms with Crippen LogP contribution in [0.3, 0.4) is 0 Å². The van der Waals surface area contributed by atoms with Gasteiger partial charge in [-0.15, -0.1) is 0 Å². The van der Waals surface area contributed by atoms with Crippen molar-refractivity contribution in [2.45, 2.75) is 13.5 Å². The summed E-state index contributed by atoms with van der Waals surface area (Å²) in [6.07, 6.45) is 3.69. The quantitative estimate of drug-likeness (QED) is 0.714. The van der Waals surface area contributed by atoms with E-state index in [4.69, 9.17) is 4.74 Å². The zero-order valence-electron chi connectivity index (χ0n) is 11.1. The third-order valence-corrected chi connectivity index (χ3v) is 3.28. The average Bonchev–Trinajstić information content (AvgIpc) is 2.75. The molecule has 0 fully saturated rings. The van der Waals surface area contributed by atoms with Crippen LogP contribution in [0.2, 0.25) is 0 Å². The van der Waals surface area contributed by atoms with Crippen LogP contribution in [-0.4, -0.2) is 16.7 Å².